The van der Waals surface area contributed by atoms with Gasteiger partial charge in [-0.3, -0.25) is 4.79 Å². The molecule has 0 fully saturated rings. The Bertz CT molecular complexity index is 517. The number of hydrogen-bond acceptors (Lipinski definition) is 3. The van der Waals surface area contributed by atoms with Crippen LogP contribution in [-0.4, -0.2) is 16.0 Å². The van der Waals surface area contributed by atoms with Crippen LogP contribution >= 0.6 is 0 Å². The van der Waals surface area contributed by atoms with Gasteiger partial charge in [0.15, 0.2) is 5.78 Å². The number of Topliss-reactive ketones (excluding diaryl/α,β-unsaturated/α-hetero) is 1. The van der Waals surface area contributed by atoms with Crippen LogP contribution in [0.3, 0.4) is 0 Å². The van der Waals surface area contributed by atoms with Crippen LogP contribution in [0.15, 0.2) is 54.6 Å². The van der Waals surface area contributed by atoms with Crippen molar-refractivity contribution in [2.45, 2.75) is 12.7 Å². The van der Waals surface area contributed by atoms with E-state index in [2.05, 4.69) is 0 Å². The molecule has 0 radical (unpaired) electrons. The highest BCUT2D eigenvalue weighted by Gasteiger charge is 2.18. The van der Waals surface area contributed by atoms with E-state index in [1.54, 1.807) is 48.5 Å². The molecule has 0 bridgehead atoms. The van der Waals surface area contributed by atoms with E-state index in [4.69, 9.17) is 5.11 Å². The fraction of sp³-hybridized carbons (Fsp3) is 0.133. The molecule has 1 atom stereocenters. The van der Waals surface area contributed by atoms with Gasteiger partial charge in [-0.25, -0.2) is 0 Å². The highest BCUT2D eigenvalue weighted by atomic mass is 16.3. The first-order valence-corrected chi connectivity index (χ1v) is 5.69. The summed E-state index contributed by atoms with van der Waals surface area (Å²) >= 11 is 0. The van der Waals surface area contributed by atoms with Gasteiger partial charge in [-0.05, 0) is 11.1 Å². The van der Waals surface area contributed by atoms with Crippen LogP contribution in [0.5, 0.6) is 0 Å². The average Bonchev–Trinajstić information content (AvgIpc) is 2.47. The quantitative estimate of drug-likeness (QED) is 0.807. The second-order valence-electron chi connectivity index (χ2n) is 4.03. The van der Waals surface area contributed by atoms with Crippen molar-refractivity contribution in [3.05, 3.63) is 71.3 Å². The summed E-state index contributed by atoms with van der Waals surface area (Å²) in [7, 11) is 0. The maximum absolute atomic E-state index is 12.0. The van der Waals surface area contributed by atoms with Crippen LogP contribution in [0, 0.1) is 0 Å². The van der Waals surface area contributed by atoms with E-state index in [1.807, 2.05) is 6.07 Å². The van der Waals surface area contributed by atoms with Gasteiger partial charge >= 0.3 is 0 Å². The zero-order valence-electron chi connectivity index (χ0n) is 9.78. The molecule has 3 nitrogen and oxygen atoms in total. The number of aliphatic hydroxyl groups excluding tert-OH is 2. The molecule has 0 aliphatic carbocycles. The first-order valence-electron chi connectivity index (χ1n) is 5.69. The fourth-order valence-electron chi connectivity index (χ4n) is 1.72. The Kier molecular flexibility index (Phi) is 3.87. The minimum atomic E-state index is -1.15. The van der Waals surface area contributed by atoms with E-state index in [1.165, 1.54) is 0 Å². The smallest absolute Gasteiger partial charge is 0.195 e. The van der Waals surface area contributed by atoms with Crippen molar-refractivity contribution in [3.63, 3.8) is 0 Å². The molecule has 0 aliphatic heterocycles. The largest absolute Gasteiger partial charge is 0.392 e. The molecule has 2 N–H and O–H groups in total. The first kappa shape index (κ1) is 12.5. The van der Waals surface area contributed by atoms with Crippen molar-refractivity contribution in [1.82, 2.24) is 0 Å². The Morgan fingerprint density at radius 3 is 2.17 bits per heavy atom. The average molecular weight is 242 g/mol. The molecule has 92 valence electrons. The minimum absolute atomic E-state index is 0.0598. The van der Waals surface area contributed by atoms with Crippen molar-refractivity contribution >= 4 is 5.78 Å². The van der Waals surface area contributed by atoms with Gasteiger partial charge in [-0.15, -0.1) is 0 Å². The Balaban J connectivity index is 2.20. The zero-order valence-corrected chi connectivity index (χ0v) is 9.78. The SMILES string of the molecule is O=C(c1ccc(CO)cc1)C(O)c1ccccc1. The topological polar surface area (TPSA) is 57.5 Å². The number of carbonyl (C=O) groups excluding carboxylic acids is 1. The number of rotatable bonds is 4. The highest BCUT2D eigenvalue weighted by molar-refractivity contribution is 5.99. The van der Waals surface area contributed by atoms with Gasteiger partial charge in [0.05, 0.1) is 6.61 Å². The number of ketones is 1. The van der Waals surface area contributed by atoms with Crippen LogP contribution in [0.25, 0.3) is 0 Å². The third-order valence-electron chi connectivity index (χ3n) is 2.78. The van der Waals surface area contributed by atoms with Crippen LogP contribution in [-0.2, 0) is 6.61 Å². The lowest BCUT2D eigenvalue weighted by Crippen LogP contribution is -2.12. The Morgan fingerprint density at radius 2 is 1.61 bits per heavy atom. The fourth-order valence-corrected chi connectivity index (χ4v) is 1.72. The summed E-state index contributed by atoms with van der Waals surface area (Å²) in [6.07, 6.45) is -1.15. The number of hydrogen-bond donors (Lipinski definition) is 2. The van der Waals surface area contributed by atoms with Gasteiger partial charge in [-0.2, -0.15) is 0 Å². The van der Waals surface area contributed by atoms with Crippen LogP contribution in [0.4, 0.5) is 0 Å². The summed E-state index contributed by atoms with van der Waals surface area (Å²) < 4.78 is 0. The number of benzene rings is 2. The Morgan fingerprint density at radius 1 is 1.00 bits per heavy atom. The standard InChI is InChI=1S/C15H14O3/c16-10-11-6-8-13(9-7-11)15(18)14(17)12-4-2-1-3-5-12/h1-9,14,16-17H,10H2. The molecule has 3 heteroatoms. The molecule has 0 spiro atoms. The molecule has 0 aliphatic rings. The normalized spacial score (nSPS) is 12.1. The van der Waals surface area contributed by atoms with Gasteiger partial charge < -0.3 is 10.2 Å². The van der Waals surface area contributed by atoms with Crippen molar-refractivity contribution in [2.75, 3.05) is 0 Å². The number of carbonyl (C=O) groups is 1. The molecule has 0 saturated carbocycles. The predicted molar refractivity (Wildman–Crippen MR) is 68.1 cm³/mol. The Labute approximate surface area is 105 Å². The summed E-state index contributed by atoms with van der Waals surface area (Å²) in [4.78, 5) is 12.0. The molecule has 2 rings (SSSR count). The van der Waals surface area contributed by atoms with Gasteiger partial charge in [0, 0.05) is 5.56 Å². The van der Waals surface area contributed by atoms with Crippen LogP contribution in [0.2, 0.25) is 0 Å². The lowest BCUT2D eigenvalue weighted by molar-refractivity contribution is 0.0747. The minimum Gasteiger partial charge on any atom is -0.392 e. The highest BCUT2D eigenvalue weighted by Crippen LogP contribution is 2.18. The van der Waals surface area contributed by atoms with Crippen LogP contribution < -0.4 is 0 Å². The third-order valence-corrected chi connectivity index (χ3v) is 2.78. The number of aliphatic hydroxyl groups is 2. The maximum Gasteiger partial charge on any atom is 0.195 e. The van der Waals surface area contributed by atoms with E-state index in [-0.39, 0.29) is 12.4 Å². The molecule has 0 saturated heterocycles. The van der Waals surface area contributed by atoms with Crippen molar-refractivity contribution in [1.29, 1.82) is 0 Å². The molecular formula is C15H14O3. The monoisotopic (exact) mass is 242 g/mol. The van der Waals surface area contributed by atoms with Gasteiger partial charge in [0.1, 0.15) is 6.10 Å². The summed E-state index contributed by atoms with van der Waals surface area (Å²) in [5, 5.41) is 18.9. The second-order valence-corrected chi connectivity index (χ2v) is 4.03. The van der Waals surface area contributed by atoms with Gasteiger partial charge in [0.2, 0.25) is 0 Å². The summed E-state index contributed by atoms with van der Waals surface area (Å²) in [6, 6.07) is 15.4. The predicted octanol–water partition coefficient (Wildman–Crippen LogP) is 2.10. The van der Waals surface area contributed by atoms with Crippen LogP contribution in [0.1, 0.15) is 27.6 Å². The van der Waals surface area contributed by atoms with Gasteiger partial charge in [-0.1, -0.05) is 54.6 Å². The molecule has 0 heterocycles. The summed E-state index contributed by atoms with van der Waals surface area (Å²) in [6.45, 7) is -0.0598. The molecular weight excluding hydrogens is 228 g/mol. The van der Waals surface area contributed by atoms with Crippen molar-refractivity contribution in [2.24, 2.45) is 0 Å². The molecule has 2 aromatic rings. The molecule has 0 aromatic heterocycles. The second kappa shape index (κ2) is 5.58. The molecule has 1 unspecified atom stereocenters. The molecule has 18 heavy (non-hydrogen) atoms. The maximum atomic E-state index is 12.0. The van der Waals surface area contributed by atoms with E-state index >= 15 is 0 Å². The van der Waals surface area contributed by atoms with E-state index < -0.39 is 6.10 Å². The van der Waals surface area contributed by atoms with Crippen molar-refractivity contribution < 1.29 is 15.0 Å². The third kappa shape index (κ3) is 2.64. The Hall–Kier alpha value is -1.97. The summed E-state index contributed by atoms with van der Waals surface area (Å²) in [5.74, 6) is -0.342. The first-order chi connectivity index (χ1) is 8.72. The lowest BCUT2D eigenvalue weighted by atomic mass is 9.99. The summed E-state index contributed by atoms with van der Waals surface area (Å²) in [5.41, 5.74) is 1.75. The lowest BCUT2D eigenvalue weighted by Gasteiger charge is -2.10. The van der Waals surface area contributed by atoms with Gasteiger partial charge in [0.25, 0.3) is 0 Å². The van der Waals surface area contributed by atoms with Crippen molar-refractivity contribution in [3.8, 4) is 0 Å². The van der Waals surface area contributed by atoms with E-state index in [0.717, 1.165) is 5.56 Å². The van der Waals surface area contributed by atoms with E-state index in [0.29, 0.717) is 11.1 Å². The molecule has 2 aromatic carbocycles. The molecule has 0 amide bonds. The zero-order chi connectivity index (χ0) is 13.0. The van der Waals surface area contributed by atoms with E-state index in [9.17, 15) is 9.90 Å².